The topological polar surface area (TPSA) is 74.3 Å². The summed E-state index contributed by atoms with van der Waals surface area (Å²) >= 11 is 1.55. The second kappa shape index (κ2) is 9.15. The van der Waals surface area contributed by atoms with Crippen LogP contribution in [0, 0.1) is 0 Å². The molecule has 1 saturated heterocycles. The van der Waals surface area contributed by atoms with Gasteiger partial charge in [0, 0.05) is 38.0 Å². The third-order valence-electron chi connectivity index (χ3n) is 5.21. The lowest BCUT2D eigenvalue weighted by molar-refractivity contribution is -0.134. The molecule has 2 amide bonds. The van der Waals surface area contributed by atoms with Gasteiger partial charge in [0.1, 0.15) is 0 Å². The van der Waals surface area contributed by atoms with Gasteiger partial charge in [0.05, 0.1) is 23.7 Å². The maximum absolute atomic E-state index is 12.5. The number of carbonyl (C=O) groups is 2. The van der Waals surface area contributed by atoms with E-state index in [9.17, 15) is 9.59 Å². The van der Waals surface area contributed by atoms with Gasteiger partial charge in [0.2, 0.25) is 11.8 Å². The minimum absolute atomic E-state index is 0.0771. The Hall–Kier alpha value is -2.77. The molecule has 7 heteroatoms. The van der Waals surface area contributed by atoms with E-state index in [4.69, 9.17) is 0 Å². The molecule has 1 aromatic heterocycles. The summed E-state index contributed by atoms with van der Waals surface area (Å²) in [5.74, 6) is -0.183. The highest BCUT2D eigenvalue weighted by Gasteiger charge is 2.31. The SMILES string of the molecule is O=C(CC1C(=O)NCCN1Cc1ccc2ccccc2c1)NCCc1cscn1. The molecule has 1 fully saturated rings. The number of carbonyl (C=O) groups excluding carboxylic acids is 2. The van der Waals surface area contributed by atoms with E-state index in [1.807, 2.05) is 17.5 Å². The molecule has 2 aromatic carbocycles. The predicted molar refractivity (Wildman–Crippen MR) is 115 cm³/mol. The summed E-state index contributed by atoms with van der Waals surface area (Å²) in [5.41, 5.74) is 3.91. The molecule has 0 bridgehead atoms. The molecule has 1 aliphatic heterocycles. The molecule has 1 aliphatic rings. The van der Waals surface area contributed by atoms with E-state index in [1.54, 1.807) is 16.8 Å². The average Bonchev–Trinajstić information content (AvgIpc) is 3.24. The number of nitrogens with zero attached hydrogens (tertiary/aromatic N) is 2. The van der Waals surface area contributed by atoms with Crippen molar-refractivity contribution in [2.45, 2.75) is 25.4 Å². The van der Waals surface area contributed by atoms with Crippen LogP contribution in [0.2, 0.25) is 0 Å². The van der Waals surface area contributed by atoms with Gasteiger partial charge in [0.15, 0.2) is 0 Å². The van der Waals surface area contributed by atoms with E-state index in [0.717, 1.165) is 17.8 Å². The Morgan fingerprint density at radius 2 is 2.10 bits per heavy atom. The largest absolute Gasteiger partial charge is 0.356 e. The lowest BCUT2D eigenvalue weighted by atomic mass is 10.0. The number of amides is 2. The summed E-state index contributed by atoms with van der Waals surface area (Å²) in [6, 6.07) is 14.1. The molecule has 3 aromatic rings. The number of piperazine rings is 1. The average molecular weight is 409 g/mol. The van der Waals surface area contributed by atoms with Crippen molar-refractivity contribution in [1.82, 2.24) is 20.5 Å². The predicted octanol–water partition coefficient (Wildman–Crippen LogP) is 2.35. The lowest BCUT2D eigenvalue weighted by Crippen LogP contribution is -2.56. The van der Waals surface area contributed by atoms with Gasteiger partial charge < -0.3 is 10.6 Å². The Labute approximate surface area is 173 Å². The van der Waals surface area contributed by atoms with Crippen molar-refractivity contribution >= 4 is 33.9 Å². The highest BCUT2D eigenvalue weighted by molar-refractivity contribution is 7.07. The van der Waals surface area contributed by atoms with Crippen molar-refractivity contribution in [3.63, 3.8) is 0 Å². The molecule has 6 nitrogen and oxygen atoms in total. The Balaban J connectivity index is 1.38. The van der Waals surface area contributed by atoms with E-state index >= 15 is 0 Å². The molecular weight excluding hydrogens is 384 g/mol. The van der Waals surface area contributed by atoms with Crippen molar-refractivity contribution in [2.75, 3.05) is 19.6 Å². The summed E-state index contributed by atoms with van der Waals surface area (Å²) in [4.78, 5) is 31.2. The number of hydrogen-bond donors (Lipinski definition) is 2. The number of nitrogens with one attached hydrogen (secondary N) is 2. The zero-order valence-corrected chi connectivity index (χ0v) is 17.0. The van der Waals surface area contributed by atoms with Gasteiger partial charge in [-0.3, -0.25) is 14.5 Å². The fourth-order valence-corrected chi connectivity index (χ4v) is 4.28. The molecule has 1 unspecified atom stereocenters. The standard InChI is InChI=1S/C22H24N4O2S/c27-21(23-8-7-19-14-29-15-25-19)12-20-22(28)24-9-10-26(20)13-16-5-6-17-3-1-2-4-18(17)11-16/h1-6,11,14-15,20H,7-10,12-13H2,(H,23,27)(H,24,28). The van der Waals surface area contributed by atoms with Crippen molar-refractivity contribution in [3.8, 4) is 0 Å². The number of aromatic nitrogens is 1. The van der Waals surface area contributed by atoms with Crippen LogP contribution in [0.25, 0.3) is 10.8 Å². The Morgan fingerprint density at radius 1 is 1.24 bits per heavy atom. The van der Waals surface area contributed by atoms with Crippen LogP contribution in [-0.2, 0) is 22.6 Å². The number of thiazole rings is 1. The fraction of sp³-hybridized carbons (Fsp3) is 0.318. The molecule has 0 radical (unpaired) electrons. The molecule has 29 heavy (non-hydrogen) atoms. The molecule has 0 aliphatic carbocycles. The lowest BCUT2D eigenvalue weighted by Gasteiger charge is -2.34. The van der Waals surface area contributed by atoms with Crippen LogP contribution < -0.4 is 10.6 Å². The monoisotopic (exact) mass is 408 g/mol. The van der Waals surface area contributed by atoms with E-state index in [-0.39, 0.29) is 18.2 Å². The van der Waals surface area contributed by atoms with Gasteiger partial charge in [-0.2, -0.15) is 0 Å². The third kappa shape index (κ3) is 4.99. The molecule has 4 rings (SSSR count). The molecule has 0 spiro atoms. The third-order valence-corrected chi connectivity index (χ3v) is 5.84. The van der Waals surface area contributed by atoms with E-state index in [0.29, 0.717) is 26.1 Å². The van der Waals surface area contributed by atoms with Gasteiger partial charge in [0.25, 0.3) is 0 Å². The Bertz CT molecular complexity index is 989. The maximum atomic E-state index is 12.5. The number of rotatable bonds is 7. The zero-order valence-electron chi connectivity index (χ0n) is 16.1. The van der Waals surface area contributed by atoms with E-state index < -0.39 is 6.04 Å². The van der Waals surface area contributed by atoms with Crippen molar-refractivity contribution in [2.24, 2.45) is 0 Å². The highest BCUT2D eigenvalue weighted by Crippen LogP contribution is 2.19. The summed E-state index contributed by atoms with van der Waals surface area (Å²) in [6.45, 7) is 2.51. The van der Waals surface area contributed by atoms with Crippen LogP contribution in [-0.4, -0.2) is 47.4 Å². The van der Waals surface area contributed by atoms with Crippen LogP contribution in [0.3, 0.4) is 0 Å². The summed E-state index contributed by atoms with van der Waals surface area (Å²) in [5, 5.41) is 10.2. The second-order valence-electron chi connectivity index (χ2n) is 7.24. The molecule has 150 valence electrons. The molecule has 1 atom stereocenters. The summed E-state index contributed by atoms with van der Waals surface area (Å²) < 4.78 is 0. The minimum atomic E-state index is -0.450. The molecule has 2 heterocycles. The molecule has 2 N–H and O–H groups in total. The highest BCUT2D eigenvalue weighted by atomic mass is 32.1. The van der Waals surface area contributed by atoms with Gasteiger partial charge >= 0.3 is 0 Å². The first-order valence-corrected chi connectivity index (χ1v) is 10.8. The van der Waals surface area contributed by atoms with Gasteiger partial charge in [-0.25, -0.2) is 4.98 Å². The van der Waals surface area contributed by atoms with E-state index in [1.165, 1.54) is 10.8 Å². The first-order chi connectivity index (χ1) is 14.2. The smallest absolute Gasteiger partial charge is 0.237 e. The van der Waals surface area contributed by atoms with Crippen LogP contribution in [0.1, 0.15) is 17.7 Å². The quantitative estimate of drug-likeness (QED) is 0.629. The maximum Gasteiger partial charge on any atom is 0.237 e. The zero-order chi connectivity index (χ0) is 20.1. The second-order valence-corrected chi connectivity index (χ2v) is 7.96. The van der Waals surface area contributed by atoms with Crippen LogP contribution in [0.4, 0.5) is 0 Å². The molecular formula is C22H24N4O2S. The fourth-order valence-electron chi connectivity index (χ4n) is 3.68. The number of fused-ring (bicyclic) bond motifs is 1. The van der Waals surface area contributed by atoms with Gasteiger partial charge in [-0.1, -0.05) is 36.4 Å². The normalized spacial score (nSPS) is 17.2. The minimum Gasteiger partial charge on any atom is -0.356 e. The van der Waals surface area contributed by atoms with Crippen molar-refractivity contribution < 1.29 is 9.59 Å². The Kier molecular flexibility index (Phi) is 6.17. The summed E-state index contributed by atoms with van der Waals surface area (Å²) in [6.07, 6.45) is 0.864. The van der Waals surface area contributed by atoms with Crippen LogP contribution in [0.5, 0.6) is 0 Å². The van der Waals surface area contributed by atoms with Gasteiger partial charge in [-0.05, 0) is 22.4 Å². The first-order valence-electron chi connectivity index (χ1n) is 9.82. The summed E-state index contributed by atoms with van der Waals surface area (Å²) in [7, 11) is 0. The number of hydrogen-bond acceptors (Lipinski definition) is 5. The van der Waals surface area contributed by atoms with Crippen molar-refractivity contribution in [3.05, 3.63) is 64.6 Å². The Morgan fingerprint density at radius 3 is 2.93 bits per heavy atom. The van der Waals surface area contributed by atoms with Crippen LogP contribution in [0.15, 0.2) is 53.4 Å². The van der Waals surface area contributed by atoms with Crippen LogP contribution >= 0.6 is 11.3 Å². The van der Waals surface area contributed by atoms with Crippen molar-refractivity contribution in [1.29, 1.82) is 0 Å². The van der Waals surface area contributed by atoms with Gasteiger partial charge in [-0.15, -0.1) is 11.3 Å². The first kappa shape index (κ1) is 19.5. The molecule has 0 saturated carbocycles. The van der Waals surface area contributed by atoms with E-state index in [2.05, 4.69) is 50.8 Å². The number of benzene rings is 2.